The molecular formula is C17H21ClN2O2S. The molecule has 6 heteroatoms. The van der Waals surface area contributed by atoms with Gasteiger partial charge in [0.2, 0.25) is 0 Å². The monoisotopic (exact) mass is 352 g/mol. The van der Waals surface area contributed by atoms with E-state index in [0.29, 0.717) is 10.7 Å². The molecule has 4 nitrogen and oxygen atoms in total. The van der Waals surface area contributed by atoms with Gasteiger partial charge in [0.1, 0.15) is 0 Å². The second-order valence-corrected chi connectivity index (χ2v) is 7.35. The van der Waals surface area contributed by atoms with Crippen molar-refractivity contribution in [1.82, 2.24) is 0 Å². The van der Waals surface area contributed by atoms with E-state index in [9.17, 15) is 8.42 Å². The number of sulfonamides is 1. The first-order valence-electron chi connectivity index (χ1n) is 7.51. The van der Waals surface area contributed by atoms with Gasteiger partial charge >= 0.3 is 0 Å². The van der Waals surface area contributed by atoms with Crippen molar-refractivity contribution in [2.75, 3.05) is 22.7 Å². The van der Waals surface area contributed by atoms with Gasteiger partial charge in [-0.25, -0.2) is 8.42 Å². The minimum atomic E-state index is -3.61. The van der Waals surface area contributed by atoms with Crippen molar-refractivity contribution in [1.29, 1.82) is 0 Å². The predicted molar refractivity (Wildman–Crippen MR) is 97.0 cm³/mol. The fourth-order valence-electron chi connectivity index (χ4n) is 2.31. The summed E-state index contributed by atoms with van der Waals surface area (Å²) in [5.41, 5.74) is 2.33. The van der Waals surface area contributed by atoms with Crippen molar-refractivity contribution in [2.45, 2.75) is 25.7 Å². The Bertz CT molecular complexity index is 770. The molecule has 2 aromatic rings. The maximum Gasteiger partial charge on any atom is 0.261 e. The standard InChI is InChI=1S/C17H21ClN2O2S/c1-4-20(5-2)17-12-14(8-11-16(17)18)19-23(21,22)15-9-6-13(3)7-10-15/h6-12,19H,4-5H2,1-3H3. The molecule has 0 aromatic heterocycles. The normalized spacial score (nSPS) is 11.3. The number of halogens is 1. The average molecular weight is 353 g/mol. The number of hydrogen-bond acceptors (Lipinski definition) is 3. The largest absolute Gasteiger partial charge is 0.371 e. The Labute approximate surface area is 143 Å². The fraction of sp³-hybridized carbons (Fsp3) is 0.294. The van der Waals surface area contributed by atoms with Gasteiger partial charge in [0.15, 0.2) is 0 Å². The summed E-state index contributed by atoms with van der Waals surface area (Å²) < 4.78 is 27.5. The summed E-state index contributed by atoms with van der Waals surface area (Å²) in [4.78, 5) is 2.31. The van der Waals surface area contributed by atoms with Crippen LogP contribution in [0.4, 0.5) is 11.4 Å². The minimum absolute atomic E-state index is 0.238. The molecule has 2 rings (SSSR count). The Balaban J connectivity index is 2.32. The first kappa shape index (κ1) is 17.6. The van der Waals surface area contributed by atoms with Crippen molar-refractivity contribution in [2.24, 2.45) is 0 Å². The lowest BCUT2D eigenvalue weighted by atomic mass is 10.2. The molecule has 0 heterocycles. The third-order valence-corrected chi connectivity index (χ3v) is 5.35. The van der Waals surface area contributed by atoms with E-state index in [1.165, 1.54) is 0 Å². The molecule has 1 N–H and O–H groups in total. The molecule has 0 spiro atoms. The van der Waals surface area contributed by atoms with Crippen molar-refractivity contribution >= 4 is 33.0 Å². The second-order valence-electron chi connectivity index (χ2n) is 5.26. The average Bonchev–Trinajstić information content (AvgIpc) is 2.51. The fourth-order valence-corrected chi connectivity index (χ4v) is 3.60. The van der Waals surface area contributed by atoms with Crippen LogP contribution in [-0.4, -0.2) is 21.5 Å². The van der Waals surface area contributed by atoms with Crippen LogP contribution in [0.5, 0.6) is 0 Å². The molecule has 2 aromatic carbocycles. The lowest BCUT2D eigenvalue weighted by molar-refractivity contribution is 0.601. The molecule has 0 bridgehead atoms. The van der Waals surface area contributed by atoms with Crippen LogP contribution in [0.25, 0.3) is 0 Å². The van der Waals surface area contributed by atoms with E-state index in [1.54, 1.807) is 42.5 Å². The van der Waals surface area contributed by atoms with E-state index in [-0.39, 0.29) is 4.90 Å². The van der Waals surface area contributed by atoms with Gasteiger partial charge in [-0.2, -0.15) is 0 Å². The van der Waals surface area contributed by atoms with Crippen LogP contribution < -0.4 is 9.62 Å². The third kappa shape index (κ3) is 4.18. The van der Waals surface area contributed by atoms with E-state index >= 15 is 0 Å². The zero-order valence-electron chi connectivity index (χ0n) is 13.5. The van der Waals surface area contributed by atoms with E-state index in [4.69, 9.17) is 11.6 Å². The summed E-state index contributed by atoms with van der Waals surface area (Å²) in [5, 5.41) is 0.604. The molecular weight excluding hydrogens is 332 g/mol. The maximum atomic E-state index is 12.5. The van der Waals surface area contributed by atoms with Gasteiger partial charge in [-0.1, -0.05) is 29.3 Å². The highest BCUT2D eigenvalue weighted by molar-refractivity contribution is 7.92. The van der Waals surface area contributed by atoms with E-state index in [0.717, 1.165) is 24.3 Å². The van der Waals surface area contributed by atoms with Crippen molar-refractivity contribution in [3.63, 3.8) is 0 Å². The number of aryl methyl sites for hydroxylation is 1. The highest BCUT2D eigenvalue weighted by Crippen LogP contribution is 2.30. The van der Waals surface area contributed by atoms with E-state index < -0.39 is 10.0 Å². The van der Waals surface area contributed by atoms with Crippen molar-refractivity contribution < 1.29 is 8.42 Å². The van der Waals surface area contributed by atoms with Crippen LogP contribution in [0.3, 0.4) is 0 Å². The van der Waals surface area contributed by atoms with Crippen LogP contribution in [0.2, 0.25) is 5.02 Å². The van der Waals surface area contributed by atoms with Crippen LogP contribution >= 0.6 is 11.6 Å². The van der Waals surface area contributed by atoms with Crippen LogP contribution in [0.1, 0.15) is 19.4 Å². The molecule has 0 aliphatic rings. The van der Waals surface area contributed by atoms with Gasteiger partial charge in [0.05, 0.1) is 21.3 Å². The second kappa shape index (κ2) is 7.23. The summed E-state index contributed by atoms with van der Waals surface area (Å²) in [7, 11) is -3.61. The van der Waals surface area contributed by atoms with Crippen LogP contribution in [0, 0.1) is 6.92 Å². The topological polar surface area (TPSA) is 49.4 Å². The Kier molecular flexibility index (Phi) is 5.55. The lowest BCUT2D eigenvalue weighted by Crippen LogP contribution is -2.22. The SMILES string of the molecule is CCN(CC)c1cc(NS(=O)(=O)c2ccc(C)cc2)ccc1Cl. The van der Waals surface area contributed by atoms with Crippen LogP contribution in [0.15, 0.2) is 47.4 Å². The Morgan fingerprint density at radius 3 is 2.22 bits per heavy atom. The van der Waals surface area contributed by atoms with Gasteiger partial charge in [-0.15, -0.1) is 0 Å². The Morgan fingerprint density at radius 2 is 1.65 bits per heavy atom. The van der Waals surface area contributed by atoms with Gasteiger partial charge in [0.25, 0.3) is 10.0 Å². The number of anilines is 2. The Hall–Kier alpha value is -1.72. The van der Waals surface area contributed by atoms with Gasteiger partial charge in [-0.3, -0.25) is 4.72 Å². The summed E-state index contributed by atoms with van der Waals surface area (Å²) >= 11 is 6.24. The van der Waals surface area contributed by atoms with Crippen molar-refractivity contribution in [3.05, 3.63) is 53.1 Å². The molecule has 0 aliphatic heterocycles. The zero-order valence-corrected chi connectivity index (χ0v) is 15.1. The van der Waals surface area contributed by atoms with E-state index in [1.807, 2.05) is 20.8 Å². The number of nitrogens with zero attached hydrogens (tertiary/aromatic N) is 1. The molecule has 0 unspecified atom stereocenters. The van der Waals surface area contributed by atoms with Crippen molar-refractivity contribution in [3.8, 4) is 0 Å². The zero-order chi connectivity index (χ0) is 17.0. The summed E-state index contributed by atoms with van der Waals surface area (Å²) in [5.74, 6) is 0. The number of benzene rings is 2. The molecule has 124 valence electrons. The number of hydrogen-bond donors (Lipinski definition) is 1. The van der Waals surface area contributed by atoms with Gasteiger partial charge < -0.3 is 4.90 Å². The summed E-state index contributed by atoms with van der Waals surface area (Å²) in [6.07, 6.45) is 0. The number of rotatable bonds is 6. The lowest BCUT2D eigenvalue weighted by Gasteiger charge is -2.23. The van der Waals surface area contributed by atoms with Crippen LogP contribution in [-0.2, 0) is 10.0 Å². The molecule has 0 saturated carbocycles. The van der Waals surface area contributed by atoms with E-state index in [2.05, 4.69) is 9.62 Å². The smallest absolute Gasteiger partial charge is 0.261 e. The molecule has 0 aliphatic carbocycles. The maximum absolute atomic E-state index is 12.5. The number of nitrogens with one attached hydrogen (secondary N) is 1. The first-order chi connectivity index (χ1) is 10.9. The molecule has 0 saturated heterocycles. The van der Waals surface area contributed by atoms with Gasteiger partial charge in [0, 0.05) is 13.1 Å². The highest BCUT2D eigenvalue weighted by Gasteiger charge is 2.15. The quantitative estimate of drug-likeness (QED) is 0.843. The molecule has 0 amide bonds. The van der Waals surface area contributed by atoms with Gasteiger partial charge in [-0.05, 0) is 51.1 Å². The molecule has 0 fully saturated rings. The minimum Gasteiger partial charge on any atom is -0.371 e. The Morgan fingerprint density at radius 1 is 1.04 bits per heavy atom. The summed E-state index contributed by atoms with van der Waals surface area (Å²) in [6.45, 7) is 7.57. The molecule has 0 radical (unpaired) electrons. The highest BCUT2D eigenvalue weighted by atomic mass is 35.5. The summed E-state index contributed by atoms with van der Waals surface area (Å²) in [6, 6.07) is 11.9. The third-order valence-electron chi connectivity index (χ3n) is 3.63. The molecule has 23 heavy (non-hydrogen) atoms. The molecule has 0 atom stereocenters. The first-order valence-corrected chi connectivity index (χ1v) is 9.37. The predicted octanol–water partition coefficient (Wildman–Crippen LogP) is 4.30.